The van der Waals surface area contributed by atoms with Crippen molar-refractivity contribution in [1.82, 2.24) is 0 Å². The zero-order valence-corrected chi connectivity index (χ0v) is 13.3. The maximum absolute atomic E-state index is 6.30. The van der Waals surface area contributed by atoms with Gasteiger partial charge in [-0.2, -0.15) is 0 Å². The summed E-state index contributed by atoms with van der Waals surface area (Å²) in [5.74, 6) is 0.890. The van der Waals surface area contributed by atoms with E-state index in [-0.39, 0.29) is 12.1 Å². The second kappa shape index (κ2) is 5.23. The molecule has 0 aromatic heterocycles. The van der Waals surface area contributed by atoms with Crippen molar-refractivity contribution in [3.05, 3.63) is 63.1 Å². The van der Waals surface area contributed by atoms with Gasteiger partial charge in [-0.3, -0.25) is 0 Å². The molecule has 0 fully saturated rings. The van der Waals surface area contributed by atoms with Crippen molar-refractivity contribution < 1.29 is 4.74 Å². The summed E-state index contributed by atoms with van der Waals surface area (Å²) in [6.45, 7) is 4.26. The molecule has 0 amide bonds. The maximum Gasteiger partial charge on any atom is 0.126 e. The van der Waals surface area contributed by atoms with Crippen LogP contribution in [0.1, 0.15) is 40.8 Å². The van der Waals surface area contributed by atoms with Crippen LogP contribution in [0.25, 0.3) is 0 Å². The van der Waals surface area contributed by atoms with Crippen LogP contribution >= 0.6 is 15.9 Å². The minimum absolute atomic E-state index is 0.0264. The lowest BCUT2D eigenvalue weighted by molar-refractivity contribution is 0.161. The molecule has 20 heavy (non-hydrogen) atoms. The smallest absolute Gasteiger partial charge is 0.126 e. The van der Waals surface area contributed by atoms with Crippen LogP contribution in [-0.4, -0.2) is 0 Å². The number of ether oxygens (including phenoxy) is 1. The second-order valence-electron chi connectivity index (χ2n) is 5.47. The van der Waals surface area contributed by atoms with E-state index in [1.807, 2.05) is 18.2 Å². The first-order chi connectivity index (χ1) is 9.54. The summed E-state index contributed by atoms with van der Waals surface area (Å²) in [7, 11) is 0. The number of halogens is 1. The molecule has 2 nitrogen and oxygen atoms in total. The molecule has 3 heteroatoms. The van der Waals surface area contributed by atoms with E-state index >= 15 is 0 Å². The molecule has 1 aliphatic rings. The zero-order valence-electron chi connectivity index (χ0n) is 11.7. The Balaban J connectivity index is 1.96. The van der Waals surface area contributed by atoms with Gasteiger partial charge in [0.25, 0.3) is 0 Å². The predicted molar refractivity (Wildman–Crippen MR) is 85.0 cm³/mol. The maximum atomic E-state index is 6.30. The largest absolute Gasteiger partial charge is 0.485 e. The van der Waals surface area contributed by atoms with Crippen molar-refractivity contribution in [2.24, 2.45) is 5.73 Å². The van der Waals surface area contributed by atoms with Gasteiger partial charge in [-0.1, -0.05) is 40.2 Å². The number of benzene rings is 2. The van der Waals surface area contributed by atoms with Gasteiger partial charge >= 0.3 is 0 Å². The van der Waals surface area contributed by atoms with Crippen LogP contribution in [0.2, 0.25) is 0 Å². The molecule has 0 saturated heterocycles. The first kappa shape index (κ1) is 13.7. The fraction of sp³-hybridized carbons (Fsp3) is 0.294. The number of rotatable bonds is 1. The highest BCUT2D eigenvalue weighted by Crippen LogP contribution is 2.41. The van der Waals surface area contributed by atoms with Crippen molar-refractivity contribution >= 4 is 15.9 Å². The topological polar surface area (TPSA) is 35.2 Å². The Labute approximate surface area is 128 Å². The highest BCUT2D eigenvalue weighted by atomic mass is 79.9. The van der Waals surface area contributed by atoms with E-state index in [4.69, 9.17) is 10.5 Å². The average molecular weight is 332 g/mol. The highest BCUT2D eigenvalue weighted by Gasteiger charge is 2.27. The lowest BCUT2D eigenvalue weighted by Crippen LogP contribution is -2.24. The normalized spacial score (nSPS) is 21.2. The van der Waals surface area contributed by atoms with Gasteiger partial charge in [0.2, 0.25) is 0 Å². The Morgan fingerprint density at radius 1 is 1.10 bits per heavy atom. The van der Waals surface area contributed by atoms with Crippen LogP contribution in [0.4, 0.5) is 0 Å². The van der Waals surface area contributed by atoms with Crippen LogP contribution in [0.15, 0.2) is 40.9 Å². The summed E-state index contributed by atoms with van der Waals surface area (Å²) in [6.07, 6.45) is 0.850. The highest BCUT2D eigenvalue weighted by molar-refractivity contribution is 9.10. The summed E-state index contributed by atoms with van der Waals surface area (Å²) in [4.78, 5) is 0. The number of fused-ring (bicyclic) bond motifs is 1. The molecule has 2 aromatic rings. The SMILES string of the molecule is Cc1ccc(C2CC(N)c3ccc(Br)cc3O2)cc1C. The number of hydrogen-bond donors (Lipinski definition) is 1. The molecule has 2 aromatic carbocycles. The van der Waals surface area contributed by atoms with Crippen molar-refractivity contribution in [3.63, 3.8) is 0 Å². The minimum atomic E-state index is 0.0264. The molecule has 0 aliphatic carbocycles. The van der Waals surface area contributed by atoms with Gasteiger partial charge in [0.1, 0.15) is 11.9 Å². The first-order valence-electron chi connectivity index (χ1n) is 6.83. The molecule has 3 rings (SSSR count). The van der Waals surface area contributed by atoms with E-state index in [2.05, 4.69) is 48.0 Å². The Bertz CT molecular complexity index is 653. The molecule has 2 N–H and O–H groups in total. The van der Waals surface area contributed by atoms with Gasteiger partial charge in [0, 0.05) is 22.5 Å². The van der Waals surface area contributed by atoms with Crippen LogP contribution in [0.5, 0.6) is 5.75 Å². The van der Waals surface area contributed by atoms with Crippen molar-refractivity contribution in [3.8, 4) is 5.75 Å². The summed E-state index contributed by atoms with van der Waals surface area (Å²) < 4.78 is 7.17. The molecular formula is C17H18BrNO. The van der Waals surface area contributed by atoms with E-state index in [1.54, 1.807) is 0 Å². The fourth-order valence-electron chi connectivity index (χ4n) is 2.64. The van der Waals surface area contributed by atoms with Gasteiger partial charge in [0.05, 0.1) is 0 Å². The Morgan fingerprint density at radius 2 is 1.90 bits per heavy atom. The molecule has 0 bridgehead atoms. The lowest BCUT2D eigenvalue weighted by atomic mass is 9.92. The summed E-state index contributed by atoms with van der Waals surface area (Å²) in [6, 6.07) is 12.6. The van der Waals surface area contributed by atoms with Crippen molar-refractivity contribution in [1.29, 1.82) is 0 Å². The van der Waals surface area contributed by atoms with Crippen molar-refractivity contribution in [2.75, 3.05) is 0 Å². The van der Waals surface area contributed by atoms with E-state index in [1.165, 1.54) is 16.7 Å². The number of nitrogens with two attached hydrogens (primary N) is 1. The third-order valence-electron chi connectivity index (χ3n) is 4.02. The summed E-state index contributed by atoms with van der Waals surface area (Å²) >= 11 is 3.49. The van der Waals surface area contributed by atoms with Crippen molar-refractivity contribution in [2.45, 2.75) is 32.4 Å². The van der Waals surface area contributed by atoms with E-state index < -0.39 is 0 Å². The standard InChI is InChI=1S/C17H18BrNO/c1-10-3-4-12(7-11(10)2)16-9-15(19)14-6-5-13(18)8-17(14)20-16/h3-8,15-16H,9,19H2,1-2H3. The molecular weight excluding hydrogens is 314 g/mol. The Morgan fingerprint density at radius 3 is 2.65 bits per heavy atom. The first-order valence-corrected chi connectivity index (χ1v) is 7.63. The average Bonchev–Trinajstić information content (AvgIpc) is 2.41. The van der Waals surface area contributed by atoms with Crippen LogP contribution in [-0.2, 0) is 0 Å². The molecule has 0 saturated carbocycles. The molecule has 2 atom stereocenters. The fourth-order valence-corrected chi connectivity index (χ4v) is 2.98. The van der Waals surface area contributed by atoms with Gasteiger partial charge in [-0.25, -0.2) is 0 Å². The van der Waals surface area contributed by atoms with Crippen LogP contribution in [0.3, 0.4) is 0 Å². The zero-order chi connectivity index (χ0) is 14.3. The quantitative estimate of drug-likeness (QED) is 0.829. The molecule has 0 spiro atoms. The molecule has 1 aliphatic heterocycles. The van der Waals surface area contributed by atoms with Gasteiger partial charge < -0.3 is 10.5 Å². The lowest BCUT2D eigenvalue weighted by Gasteiger charge is -2.31. The van der Waals surface area contributed by atoms with E-state index in [9.17, 15) is 0 Å². The molecule has 104 valence electrons. The summed E-state index contributed by atoms with van der Waals surface area (Å²) in [5, 5.41) is 0. The molecule has 0 radical (unpaired) electrons. The van der Waals surface area contributed by atoms with Gasteiger partial charge in [0.15, 0.2) is 0 Å². The van der Waals surface area contributed by atoms with E-state index in [0.29, 0.717) is 0 Å². The number of hydrogen-bond acceptors (Lipinski definition) is 2. The monoisotopic (exact) mass is 331 g/mol. The predicted octanol–water partition coefficient (Wildman–Crippen LogP) is 4.59. The number of aryl methyl sites for hydroxylation is 2. The van der Waals surface area contributed by atoms with E-state index in [0.717, 1.165) is 22.2 Å². The second-order valence-corrected chi connectivity index (χ2v) is 6.39. The summed E-state index contributed by atoms with van der Waals surface area (Å²) in [5.41, 5.74) is 11.2. The third kappa shape index (κ3) is 2.48. The van der Waals surface area contributed by atoms with Crippen LogP contribution in [0, 0.1) is 13.8 Å². The van der Waals surface area contributed by atoms with Crippen LogP contribution < -0.4 is 10.5 Å². The third-order valence-corrected chi connectivity index (χ3v) is 4.51. The van der Waals surface area contributed by atoms with Gasteiger partial charge in [-0.15, -0.1) is 0 Å². The Kier molecular flexibility index (Phi) is 3.57. The van der Waals surface area contributed by atoms with Gasteiger partial charge in [-0.05, 0) is 42.7 Å². The molecule has 2 unspecified atom stereocenters. The molecule has 1 heterocycles. The Hall–Kier alpha value is -1.32. The minimum Gasteiger partial charge on any atom is -0.485 e.